The molecule has 0 unspecified atom stereocenters. The minimum Gasteiger partial charge on any atom is -0.376 e. The number of carbonyl (C=O) groups is 1. The second kappa shape index (κ2) is 6.59. The van der Waals surface area contributed by atoms with Crippen molar-refractivity contribution in [3.05, 3.63) is 29.1 Å². The molecule has 10 heteroatoms. The van der Waals surface area contributed by atoms with E-state index in [1.165, 1.54) is 13.8 Å². The molecule has 4 nitrogen and oxygen atoms in total. The summed E-state index contributed by atoms with van der Waals surface area (Å²) >= 11 is 0. The summed E-state index contributed by atoms with van der Waals surface area (Å²) in [7, 11) is -4.71. The van der Waals surface area contributed by atoms with Gasteiger partial charge in [0.05, 0.1) is 5.75 Å². The zero-order valence-electron chi connectivity index (χ0n) is 11.4. The van der Waals surface area contributed by atoms with Crippen LogP contribution in [0.25, 0.3) is 0 Å². The van der Waals surface area contributed by atoms with Gasteiger partial charge in [-0.15, -0.1) is 0 Å². The highest BCUT2D eigenvalue weighted by molar-refractivity contribution is 7.87. The van der Waals surface area contributed by atoms with Gasteiger partial charge in [-0.25, -0.2) is 13.2 Å². The molecule has 1 rings (SSSR count). The molecule has 0 aliphatic rings. The first-order valence-corrected chi connectivity index (χ1v) is 7.52. The van der Waals surface area contributed by atoms with E-state index in [4.69, 9.17) is 0 Å². The highest BCUT2D eigenvalue weighted by atomic mass is 32.2. The summed E-state index contributed by atoms with van der Waals surface area (Å²) in [6.45, 7) is 3.00. The fourth-order valence-electron chi connectivity index (χ4n) is 1.34. The van der Waals surface area contributed by atoms with Crippen LogP contribution in [-0.4, -0.2) is 20.0 Å². The van der Waals surface area contributed by atoms with Crippen LogP contribution in [-0.2, 0) is 14.9 Å². The number of ketones is 1. The highest BCUT2D eigenvalue weighted by Crippen LogP contribution is 2.30. The van der Waals surface area contributed by atoms with Gasteiger partial charge in [0.15, 0.2) is 0 Å². The summed E-state index contributed by atoms with van der Waals surface area (Å²) < 4.78 is 92.1. The molecular weight excluding hydrogens is 335 g/mol. The summed E-state index contributed by atoms with van der Waals surface area (Å²) in [5.41, 5.74) is 0. The SMILES string of the molecule is CC(C)C(=O)CCS(=O)(=O)Oc1c(F)c(F)c(F)c(F)c1F. The van der Waals surface area contributed by atoms with Gasteiger partial charge >= 0.3 is 10.1 Å². The zero-order chi connectivity index (χ0) is 17.2. The lowest BCUT2D eigenvalue weighted by Gasteiger charge is -2.10. The van der Waals surface area contributed by atoms with Crippen molar-refractivity contribution in [2.24, 2.45) is 5.92 Å². The van der Waals surface area contributed by atoms with Crippen LogP contribution in [0, 0.1) is 35.0 Å². The van der Waals surface area contributed by atoms with E-state index < -0.39 is 68.8 Å². The van der Waals surface area contributed by atoms with Crippen molar-refractivity contribution < 1.29 is 39.3 Å². The summed E-state index contributed by atoms with van der Waals surface area (Å²) in [6, 6.07) is 0. The maximum atomic E-state index is 13.3. The van der Waals surface area contributed by atoms with Crippen LogP contribution in [0.2, 0.25) is 0 Å². The first kappa shape index (κ1) is 18.3. The first-order valence-electron chi connectivity index (χ1n) is 5.94. The lowest BCUT2D eigenvalue weighted by Crippen LogP contribution is -2.20. The molecule has 124 valence electrons. The Morgan fingerprint density at radius 1 is 0.955 bits per heavy atom. The van der Waals surface area contributed by atoms with Crippen molar-refractivity contribution in [3.63, 3.8) is 0 Å². The van der Waals surface area contributed by atoms with Gasteiger partial charge in [-0.3, -0.25) is 4.79 Å². The van der Waals surface area contributed by atoms with Crippen molar-refractivity contribution in [3.8, 4) is 5.75 Å². The number of hydrogen-bond donors (Lipinski definition) is 0. The molecule has 22 heavy (non-hydrogen) atoms. The molecule has 0 aliphatic heterocycles. The fourth-order valence-corrected chi connectivity index (χ4v) is 2.28. The Morgan fingerprint density at radius 3 is 1.77 bits per heavy atom. The number of hydrogen-bond acceptors (Lipinski definition) is 4. The molecule has 0 aliphatic carbocycles. The molecule has 0 fully saturated rings. The lowest BCUT2D eigenvalue weighted by molar-refractivity contribution is -0.121. The number of benzene rings is 1. The molecule has 0 N–H and O–H groups in total. The predicted molar refractivity (Wildman–Crippen MR) is 65.1 cm³/mol. The molecule has 0 radical (unpaired) electrons. The van der Waals surface area contributed by atoms with E-state index in [2.05, 4.69) is 4.18 Å². The van der Waals surface area contributed by atoms with Crippen LogP contribution < -0.4 is 4.18 Å². The number of carbonyl (C=O) groups excluding carboxylic acids is 1. The quantitative estimate of drug-likeness (QED) is 0.344. The zero-order valence-corrected chi connectivity index (χ0v) is 12.2. The Hall–Kier alpha value is -1.71. The van der Waals surface area contributed by atoms with Crippen LogP contribution in [0.4, 0.5) is 22.0 Å². The summed E-state index contributed by atoms with van der Waals surface area (Å²) in [5, 5.41) is 0. The van der Waals surface area contributed by atoms with Crippen molar-refractivity contribution in [1.29, 1.82) is 0 Å². The van der Waals surface area contributed by atoms with Gasteiger partial charge in [-0.05, 0) is 0 Å². The van der Waals surface area contributed by atoms with Crippen LogP contribution >= 0.6 is 0 Å². The molecule has 1 aromatic carbocycles. The van der Waals surface area contributed by atoms with Crippen molar-refractivity contribution in [2.75, 3.05) is 5.75 Å². The van der Waals surface area contributed by atoms with Crippen molar-refractivity contribution in [2.45, 2.75) is 20.3 Å². The Balaban J connectivity index is 3.07. The van der Waals surface area contributed by atoms with Gasteiger partial charge in [-0.1, -0.05) is 13.8 Å². The molecule has 0 saturated heterocycles. The van der Waals surface area contributed by atoms with Crippen molar-refractivity contribution in [1.82, 2.24) is 0 Å². The molecule has 1 aromatic rings. The number of rotatable bonds is 6. The van der Waals surface area contributed by atoms with E-state index >= 15 is 0 Å². The van der Waals surface area contributed by atoms with Gasteiger partial charge in [0.25, 0.3) is 0 Å². The second-order valence-electron chi connectivity index (χ2n) is 4.62. The maximum absolute atomic E-state index is 13.3. The minimum atomic E-state index is -4.71. The normalized spacial score (nSPS) is 11.8. The van der Waals surface area contributed by atoms with E-state index in [0.29, 0.717) is 0 Å². The molecule has 0 aromatic heterocycles. The van der Waals surface area contributed by atoms with Crippen LogP contribution in [0.3, 0.4) is 0 Å². The predicted octanol–water partition coefficient (Wildman–Crippen LogP) is 2.71. The average molecular weight is 346 g/mol. The summed E-state index contributed by atoms with van der Waals surface area (Å²) in [5.74, 6) is -15.7. The van der Waals surface area contributed by atoms with E-state index in [-0.39, 0.29) is 0 Å². The third-order valence-electron chi connectivity index (χ3n) is 2.62. The molecule has 0 atom stereocenters. The standard InChI is InChI=1S/C12H11F5O4S/c1-5(2)6(18)3-4-22(19,20)21-12-10(16)8(14)7(13)9(15)11(12)17/h5H,3-4H2,1-2H3. The Morgan fingerprint density at radius 2 is 1.36 bits per heavy atom. The summed E-state index contributed by atoms with van der Waals surface area (Å²) in [4.78, 5) is 11.3. The Kier molecular flexibility index (Phi) is 5.49. The second-order valence-corrected chi connectivity index (χ2v) is 6.31. The smallest absolute Gasteiger partial charge is 0.309 e. The third-order valence-corrected chi connectivity index (χ3v) is 3.75. The highest BCUT2D eigenvalue weighted by Gasteiger charge is 2.30. The van der Waals surface area contributed by atoms with Crippen molar-refractivity contribution >= 4 is 15.9 Å². The molecule has 0 heterocycles. The molecule has 0 spiro atoms. The molecular formula is C12H11F5O4S. The van der Waals surface area contributed by atoms with Gasteiger partial charge in [-0.2, -0.15) is 17.2 Å². The molecule has 0 bridgehead atoms. The Bertz CT molecular complexity index is 671. The third kappa shape index (κ3) is 3.93. The largest absolute Gasteiger partial charge is 0.376 e. The van der Waals surface area contributed by atoms with E-state index in [1.54, 1.807) is 0 Å². The van der Waals surface area contributed by atoms with E-state index in [1.807, 2.05) is 0 Å². The monoisotopic (exact) mass is 346 g/mol. The van der Waals surface area contributed by atoms with Gasteiger partial charge in [0.1, 0.15) is 5.78 Å². The van der Waals surface area contributed by atoms with E-state index in [0.717, 1.165) is 0 Å². The van der Waals surface area contributed by atoms with Gasteiger partial charge in [0.2, 0.25) is 34.8 Å². The molecule has 0 amide bonds. The minimum absolute atomic E-state index is 0.468. The van der Waals surface area contributed by atoms with Crippen LogP contribution in [0.15, 0.2) is 0 Å². The van der Waals surface area contributed by atoms with Crippen LogP contribution in [0.5, 0.6) is 5.75 Å². The maximum Gasteiger partial charge on any atom is 0.309 e. The Labute approximate surface area is 123 Å². The van der Waals surface area contributed by atoms with Gasteiger partial charge < -0.3 is 4.18 Å². The molecule has 0 saturated carbocycles. The first-order chi connectivity index (χ1) is 9.98. The van der Waals surface area contributed by atoms with Gasteiger partial charge in [0, 0.05) is 12.3 Å². The number of Topliss-reactive ketones (excluding diaryl/α,β-unsaturated/α-hetero) is 1. The number of halogens is 5. The average Bonchev–Trinajstić information content (AvgIpc) is 2.45. The van der Waals surface area contributed by atoms with Crippen LogP contribution in [0.1, 0.15) is 20.3 Å². The van der Waals surface area contributed by atoms with E-state index in [9.17, 15) is 35.2 Å². The summed E-state index contributed by atoms with van der Waals surface area (Å²) in [6.07, 6.45) is -0.518. The fraction of sp³-hybridized carbons (Fsp3) is 0.417. The lowest BCUT2D eigenvalue weighted by atomic mass is 10.1. The topological polar surface area (TPSA) is 60.4 Å².